The van der Waals surface area contributed by atoms with Crippen molar-refractivity contribution >= 4 is 35.4 Å². The van der Waals surface area contributed by atoms with Crippen molar-refractivity contribution in [2.75, 3.05) is 18.1 Å². The number of nitrogens with zero attached hydrogens (tertiary/aromatic N) is 1. The van der Waals surface area contributed by atoms with Gasteiger partial charge in [0.1, 0.15) is 11.9 Å². The molecule has 2 amide bonds. The molecule has 1 saturated heterocycles. The second kappa shape index (κ2) is 7.00. The number of carboxylic acid groups (broad SMARTS) is 1. The Morgan fingerprint density at radius 2 is 2.29 bits per heavy atom. The van der Waals surface area contributed by atoms with Crippen LogP contribution in [-0.2, 0) is 11.3 Å². The van der Waals surface area contributed by atoms with Crippen LogP contribution in [0.25, 0.3) is 0 Å². The van der Waals surface area contributed by atoms with E-state index in [1.807, 2.05) is 0 Å². The van der Waals surface area contributed by atoms with Crippen LogP contribution < -0.4 is 5.32 Å². The Kier molecular flexibility index (Phi) is 5.30. The first-order chi connectivity index (χ1) is 9.99. The van der Waals surface area contributed by atoms with Crippen LogP contribution in [0, 0.1) is 5.82 Å². The Hall–Kier alpha value is -1.47. The number of rotatable bonds is 3. The Bertz CT molecular complexity index is 558. The van der Waals surface area contributed by atoms with Gasteiger partial charge in [0, 0.05) is 24.6 Å². The summed E-state index contributed by atoms with van der Waals surface area (Å²) in [7, 11) is 0. The van der Waals surface area contributed by atoms with E-state index >= 15 is 0 Å². The molecule has 2 rings (SSSR count). The summed E-state index contributed by atoms with van der Waals surface area (Å²) in [6.45, 7) is 0.548. The lowest BCUT2D eigenvalue weighted by molar-refractivity contribution is -0.141. The van der Waals surface area contributed by atoms with Crippen molar-refractivity contribution < 1.29 is 19.1 Å². The van der Waals surface area contributed by atoms with E-state index in [9.17, 15) is 14.0 Å². The molecule has 1 aliphatic heterocycles. The summed E-state index contributed by atoms with van der Waals surface area (Å²) in [5, 5.41) is 11.7. The average molecular weight is 333 g/mol. The van der Waals surface area contributed by atoms with E-state index < -0.39 is 23.9 Å². The van der Waals surface area contributed by atoms with Gasteiger partial charge >= 0.3 is 12.0 Å². The third kappa shape index (κ3) is 4.01. The number of hydrogen-bond donors (Lipinski definition) is 2. The fraction of sp³-hybridized carbons (Fsp3) is 0.385. The molecule has 114 valence electrons. The summed E-state index contributed by atoms with van der Waals surface area (Å²) >= 11 is 7.17. The number of thioether (sulfide) groups is 1. The monoisotopic (exact) mass is 332 g/mol. The number of carbonyl (C=O) groups excluding carboxylic acids is 1. The molecule has 0 saturated carbocycles. The van der Waals surface area contributed by atoms with Crippen molar-refractivity contribution in [2.45, 2.75) is 12.6 Å². The lowest BCUT2D eigenvalue weighted by Gasteiger charge is -2.32. The van der Waals surface area contributed by atoms with Gasteiger partial charge in [0.15, 0.2) is 0 Å². The van der Waals surface area contributed by atoms with Gasteiger partial charge in [-0.15, -0.1) is 0 Å². The molecule has 0 aromatic heterocycles. The molecule has 2 N–H and O–H groups in total. The Labute approximate surface area is 130 Å². The van der Waals surface area contributed by atoms with Gasteiger partial charge in [-0.3, -0.25) is 0 Å². The second-order valence-corrected chi connectivity index (χ2v) is 6.09. The highest BCUT2D eigenvalue weighted by molar-refractivity contribution is 7.99. The van der Waals surface area contributed by atoms with Crippen molar-refractivity contribution in [1.82, 2.24) is 10.2 Å². The van der Waals surface area contributed by atoms with Crippen LogP contribution in [0.2, 0.25) is 5.02 Å². The van der Waals surface area contributed by atoms with Crippen LogP contribution in [0.3, 0.4) is 0 Å². The van der Waals surface area contributed by atoms with E-state index in [2.05, 4.69) is 5.32 Å². The molecule has 0 bridgehead atoms. The minimum atomic E-state index is -1.01. The number of aliphatic carboxylic acids is 1. The number of nitrogens with one attached hydrogen (secondary N) is 1. The van der Waals surface area contributed by atoms with Crippen molar-refractivity contribution in [3.63, 3.8) is 0 Å². The third-order valence-corrected chi connectivity index (χ3v) is 4.41. The molecule has 1 aromatic carbocycles. The number of carbonyl (C=O) groups is 2. The SMILES string of the molecule is O=C(O)C1CSCCN1C(=O)NCc1ccc(F)c(Cl)c1. The van der Waals surface area contributed by atoms with Crippen molar-refractivity contribution in [3.8, 4) is 0 Å². The van der Waals surface area contributed by atoms with Crippen LogP contribution in [0.5, 0.6) is 0 Å². The maximum Gasteiger partial charge on any atom is 0.327 e. The second-order valence-electron chi connectivity index (χ2n) is 4.53. The van der Waals surface area contributed by atoms with Crippen LogP contribution in [0.4, 0.5) is 9.18 Å². The van der Waals surface area contributed by atoms with Gasteiger partial charge in [0.05, 0.1) is 5.02 Å². The number of halogens is 2. The largest absolute Gasteiger partial charge is 0.480 e. The van der Waals surface area contributed by atoms with Gasteiger partial charge in [-0.1, -0.05) is 17.7 Å². The maximum absolute atomic E-state index is 13.0. The van der Waals surface area contributed by atoms with Gasteiger partial charge in [0.2, 0.25) is 0 Å². The van der Waals surface area contributed by atoms with Crippen molar-refractivity contribution in [3.05, 3.63) is 34.6 Å². The van der Waals surface area contributed by atoms with Gasteiger partial charge in [-0.05, 0) is 17.7 Å². The highest BCUT2D eigenvalue weighted by Gasteiger charge is 2.32. The Morgan fingerprint density at radius 3 is 2.95 bits per heavy atom. The van der Waals surface area contributed by atoms with Gasteiger partial charge in [0.25, 0.3) is 0 Å². The standard InChI is InChI=1S/C13H14ClFN2O3S/c14-9-5-8(1-2-10(9)15)6-16-13(20)17-3-4-21-7-11(17)12(18)19/h1-2,5,11H,3-4,6-7H2,(H,16,20)(H,18,19). The molecular formula is C13H14ClFN2O3S. The number of carboxylic acids is 1. The topological polar surface area (TPSA) is 69.6 Å². The molecule has 1 aliphatic rings. The lowest BCUT2D eigenvalue weighted by Crippen LogP contribution is -2.53. The van der Waals surface area contributed by atoms with Crippen LogP contribution in [0.1, 0.15) is 5.56 Å². The minimum Gasteiger partial charge on any atom is -0.480 e. The average Bonchev–Trinajstić information content (AvgIpc) is 2.48. The summed E-state index contributed by atoms with van der Waals surface area (Å²) in [6.07, 6.45) is 0. The highest BCUT2D eigenvalue weighted by atomic mass is 35.5. The van der Waals surface area contributed by atoms with E-state index in [1.54, 1.807) is 0 Å². The molecule has 21 heavy (non-hydrogen) atoms. The minimum absolute atomic E-state index is 0.0143. The molecule has 1 fully saturated rings. The normalized spacial score (nSPS) is 18.4. The zero-order chi connectivity index (χ0) is 15.4. The summed E-state index contributed by atoms with van der Waals surface area (Å²) < 4.78 is 13.0. The Morgan fingerprint density at radius 1 is 1.52 bits per heavy atom. The van der Waals surface area contributed by atoms with E-state index in [1.165, 1.54) is 34.9 Å². The van der Waals surface area contributed by atoms with Crippen LogP contribution in [-0.4, -0.2) is 46.1 Å². The predicted molar refractivity (Wildman–Crippen MR) is 79.1 cm³/mol. The maximum atomic E-state index is 13.0. The zero-order valence-corrected chi connectivity index (χ0v) is 12.6. The number of hydrogen-bond acceptors (Lipinski definition) is 3. The molecule has 1 atom stereocenters. The van der Waals surface area contributed by atoms with Gasteiger partial charge in [-0.25, -0.2) is 14.0 Å². The fourth-order valence-electron chi connectivity index (χ4n) is 1.98. The molecule has 1 aromatic rings. The van der Waals surface area contributed by atoms with E-state index in [-0.39, 0.29) is 11.6 Å². The molecule has 0 spiro atoms. The Balaban J connectivity index is 1.96. The number of urea groups is 1. The first-order valence-electron chi connectivity index (χ1n) is 6.28. The first-order valence-corrected chi connectivity index (χ1v) is 7.81. The summed E-state index contributed by atoms with van der Waals surface area (Å²) in [5.74, 6) is -0.446. The quantitative estimate of drug-likeness (QED) is 0.890. The fourth-order valence-corrected chi connectivity index (χ4v) is 3.22. The van der Waals surface area contributed by atoms with Crippen LogP contribution in [0.15, 0.2) is 18.2 Å². The highest BCUT2D eigenvalue weighted by Crippen LogP contribution is 2.18. The lowest BCUT2D eigenvalue weighted by atomic mass is 10.2. The van der Waals surface area contributed by atoms with Gasteiger partial charge < -0.3 is 15.3 Å². The number of benzene rings is 1. The van der Waals surface area contributed by atoms with Crippen molar-refractivity contribution in [2.24, 2.45) is 0 Å². The molecule has 1 unspecified atom stereocenters. The molecule has 1 heterocycles. The summed E-state index contributed by atoms with van der Waals surface area (Å²) in [5.41, 5.74) is 0.646. The molecule has 0 aliphatic carbocycles. The molecule has 0 radical (unpaired) electrons. The summed E-state index contributed by atoms with van der Waals surface area (Å²) in [4.78, 5) is 24.5. The molecular weight excluding hydrogens is 319 g/mol. The third-order valence-electron chi connectivity index (χ3n) is 3.10. The first kappa shape index (κ1) is 15.9. The van der Waals surface area contributed by atoms with Crippen molar-refractivity contribution in [1.29, 1.82) is 0 Å². The van der Waals surface area contributed by atoms with E-state index in [0.29, 0.717) is 23.6 Å². The zero-order valence-electron chi connectivity index (χ0n) is 11.0. The smallest absolute Gasteiger partial charge is 0.327 e. The number of amides is 2. The molecule has 5 nitrogen and oxygen atoms in total. The van der Waals surface area contributed by atoms with E-state index in [0.717, 1.165) is 0 Å². The van der Waals surface area contributed by atoms with Crippen LogP contribution >= 0.6 is 23.4 Å². The molecule has 8 heteroatoms. The summed E-state index contributed by atoms with van der Waals surface area (Å²) in [6, 6.07) is 2.91. The predicted octanol–water partition coefficient (Wildman–Crippen LogP) is 2.19. The van der Waals surface area contributed by atoms with E-state index in [4.69, 9.17) is 16.7 Å². The van der Waals surface area contributed by atoms with Gasteiger partial charge in [-0.2, -0.15) is 11.8 Å².